The van der Waals surface area contributed by atoms with Crippen molar-refractivity contribution in [2.24, 2.45) is 0 Å². The number of hydrogen-bond acceptors (Lipinski definition) is 3. The van der Waals surface area contributed by atoms with Crippen molar-refractivity contribution in [3.63, 3.8) is 0 Å². The summed E-state index contributed by atoms with van der Waals surface area (Å²) in [4.78, 5) is 4.82. The average molecular weight is 282 g/mol. The van der Waals surface area contributed by atoms with Gasteiger partial charge < -0.3 is 14.9 Å². The SMILES string of the molecule is Cc1ccc(N2CCN(c3ccc(O)c(C)c3)CC2)cc1. The monoisotopic (exact) mass is 282 g/mol. The third-order valence-corrected chi connectivity index (χ3v) is 4.22. The molecule has 2 aromatic carbocycles. The number of anilines is 2. The van der Waals surface area contributed by atoms with Crippen molar-refractivity contribution in [2.75, 3.05) is 36.0 Å². The van der Waals surface area contributed by atoms with Crippen LogP contribution in [0.2, 0.25) is 0 Å². The van der Waals surface area contributed by atoms with E-state index < -0.39 is 0 Å². The van der Waals surface area contributed by atoms with E-state index in [-0.39, 0.29) is 0 Å². The molecule has 1 aliphatic rings. The highest BCUT2D eigenvalue weighted by Gasteiger charge is 2.17. The molecule has 0 unspecified atom stereocenters. The minimum atomic E-state index is 0.372. The van der Waals surface area contributed by atoms with Gasteiger partial charge in [-0.2, -0.15) is 0 Å². The highest BCUT2D eigenvalue weighted by Crippen LogP contribution is 2.25. The van der Waals surface area contributed by atoms with Crippen LogP contribution < -0.4 is 9.80 Å². The predicted molar refractivity (Wildman–Crippen MR) is 88.4 cm³/mol. The number of rotatable bonds is 2. The van der Waals surface area contributed by atoms with Gasteiger partial charge in [0, 0.05) is 37.6 Å². The number of piperazine rings is 1. The van der Waals surface area contributed by atoms with Crippen LogP contribution in [0.15, 0.2) is 42.5 Å². The number of phenols is 1. The van der Waals surface area contributed by atoms with Crippen LogP contribution in [0.3, 0.4) is 0 Å². The fourth-order valence-electron chi connectivity index (χ4n) is 2.81. The Balaban J connectivity index is 1.67. The first kappa shape index (κ1) is 13.8. The maximum atomic E-state index is 9.63. The molecule has 2 aromatic rings. The largest absolute Gasteiger partial charge is 0.508 e. The molecular formula is C18H22N2O. The van der Waals surface area contributed by atoms with E-state index in [2.05, 4.69) is 47.1 Å². The molecule has 0 amide bonds. The smallest absolute Gasteiger partial charge is 0.118 e. The Labute approximate surface area is 126 Å². The summed E-state index contributed by atoms with van der Waals surface area (Å²) in [5.74, 6) is 0.372. The lowest BCUT2D eigenvalue weighted by atomic mass is 10.1. The maximum Gasteiger partial charge on any atom is 0.118 e. The van der Waals surface area contributed by atoms with Crippen molar-refractivity contribution >= 4 is 11.4 Å². The van der Waals surface area contributed by atoms with Gasteiger partial charge in [0.05, 0.1) is 0 Å². The van der Waals surface area contributed by atoms with Gasteiger partial charge in [0.2, 0.25) is 0 Å². The molecule has 1 heterocycles. The van der Waals surface area contributed by atoms with E-state index in [1.165, 1.54) is 16.9 Å². The average Bonchev–Trinajstić information content (AvgIpc) is 2.51. The predicted octanol–water partition coefficient (Wildman–Crippen LogP) is 3.34. The zero-order chi connectivity index (χ0) is 14.8. The summed E-state index contributed by atoms with van der Waals surface area (Å²) >= 11 is 0. The molecule has 1 N–H and O–H groups in total. The van der Waals surface area contributed by atoms with Gasteiger partial charge in [-0.1, -0.05) is 17.7 Å². The van der Waals surface area contributed by atoms with E-state index in [1.807, 2.05) is 13.0 Å². The third kappa shape index (κ3) is 2.97. The van der Waals surface area contributed by atoms with Crippen LogP contribution in [0.25, 0.3) is 0 Å². The van der Waals surface area contributed by atoms with Gasteiger partial charge in [-0.25, -0.2) is 0 Å². The molecule has 0 saturated carbocycles. The fraction of sp³-hybridized carbons (Fsp3) is 0.333. The second-order valence-corrected chi connectivity index (χ2v) is 5.78. The normalized spacial score (nSPS) is 15.3. The highest BCUT2D eigenvalue weighted by atomic mass is 16.3. The van der Waals surface area contributed by atoms with Crippen LogP contribution in [-0.4, -0.2) is 31.3 Å². The van der Waals surface area contributed by atoms with E-state index >= 15 is 0 Å². The summed E-state index contributed by atoms with van der Waals surface area (Å²) in [6, 6.07) is 14.6. The molecule has 1 saturated heterocycles. The first-order chi connectivity index (χ1) is 10.1. The lowest BCUT2D eigenvalue weighted by Gasteiger charge is -2.37. The Kier molecular flexibility index (Phi) is 3.74. The summed E-state index contributed by atoms with van der Waals surface area (Å²) in [5, 5.41) is 9.63. The van der Waals surface area contributed by atoms with Crippen molar-refractivity contribution in [2.45, 2.75) is 13.8 Å². The summed E-state index contributed by atoms with van der Waals surface area (Å²) in [6.45, 7) is 8.15. The molecule has 0 bridgehead atoms. The number of nitrogens with zero attached hydrogens (tertiary/aromatic N) is 2. The van der Waals surface area contributed by atoms with Crippen LogP contribution in [0, 0.1) is 13.8 Å². The first-order valence-corrected chi connectivity index (χ1v) is 7.50. The van der Waals surface area contributed by atoms with Gasteiger partial charge in [0.1, 0.15) is 5.75 Å². The van der Waals surface area contributed by atoms with Crippen molar-refractivity contribution in [1.29, 1.82) is 0 Å². The number of benzene rings is 2. The summed E-state index contributed by atoms with van der Waals surface area (Å²) < 4.78 is 0. The molecule has 0 aliphatic carbocycles. The Hall–Kier alpha value is -2.16. The summed E-state index contributed by atoms with van der Waals surface area (Å²) in [5.41, 5.74) is 4.75. The maximum absolute atomic E-state index is 9.63. The quantitative estimate of drug-likeness (QED) is 0.915. The Bertz CT molecular complexity index is 614. The van der Waals surface area contributed by atoms with Crippen LogP contribution in [0.1, 0.15) is 11.1 Å². The first-order valence-electron chi connectivity index (χ1n) is 7.50. The van der Waals surface area contributed by atoms with Crippen molar-refractivity contribution in [1.82, 2.24) is 0 Å². The molecule has 21 heavy (non-hydrogen) atoms. The van der Waals surface area contributed by atoms with Crippen LogP contribution >= 0.6 is 0 Å². The zero-order valence-corrected chi connectivity index (χ0v) is 12.7. The molecule has 1 aliphatic heterocycles. The number of aromatic hydroxyl groups is 1. The van der Waals surface area contributed by atoms with E-state index in [4.69, 9.17) is 0 Å². The highest BCUT2D eigenvalue weighted by molar-refractivity contribution is 5.55. The minimum absolute atomic E-state index is 0.372. The standard InChI is InChI=1S/C18H22N2O/c1-14-3-5-16(6-4-14)19-9-11-20(12-10-19)17-7-8-18(21)15(2)13-17/h3-8,13,21H,9-12H2,1-2H3. The van der Waals surface area contributed by atoms with Gasteiger partial charge in [0.25, 0.3) is 0 Å². The van der Waals surface area contributed by atoms with E-state index in [0.29, 0.717) is 5.75 Å². The molecule has 110 valence electrons. The minimum Gasteiger partial charge on any atom is -0.508 e. The Morgan fingerprint density at radius 1 is 0.762 bits per heavy atom. The summed E-state index contributed by atoms with van der Waals surface area (Å²) in [6.07, 6.45) is 0. The van der Waals surface area contributed by atoms with Crippen LogP contribution in [-0.2, 0) is 0 Å². The molecule has 0 spiro atoms. The van der Waals surface area contributed by atoms with Gasteiger partial charge in [-0.3, -0.25) is 0 Å². The molecule has 0 aromatic heterocycles. The van der Waals surface area contributed by atoms with Crippen molar-refractivity contribution in [3.8, 4) is 5.75 Å². The van der Waals surface area contributed by atoms with Gasteiger partial charge in [-0.05, 0) is 49.7 Å². The van der Waals surface area contributed by atoms with Crippen LogP contribution in [0.4, 0.5) is 11.4 Å². The summed E-state index contributed by atoms with van der Waals surface area (Å²) in [7, 11) is 0. The number of phenolic OH excluding ortho intramolecular Hbond substituents is 1. The fourth-order valence-corrected chi connectivity index (χ4v) is 2.81. The molecule has 3 rings (SSSR count). The van der Waals surface area contributed by atoms with E-state index in [1.54, 1.807) is 6.07 Å². The van der Waals surface area contributed by atoms with Crippen molar-refractivity contribution < 1.29 is 5.11 Å². The van der Waals surface area contributed by atoms with Gasteiger partial charge in [-0.15, -0.1) is 0 Å². The second kappa shape index (κ2) is 5.68. The van der Waals surface area contributed by atoms with E-state index in [0.717, 1.165) is 31.7 Å². The van der Waals surface area contributed by atoms with Crippen molar-refractivity contribution in [3.05, 3.63) is 53.6 Å². The molecule has 0 atom stereocenters. The van der Waals surface area contributed by atoms with E-state index in [9.17, 15) is 5.11 Å². The lowest BCUT2D eigenvalue weighted by Crippen LogP contribution is -2.46. The molecule has 1 fully saturated rings. The van der Waals surface area contributed by atoms with Gasteiger partial charge >= 0.3 is 0 Å². The van der Waals surface area contributed by atoms with Crippen LogP contribution in [0.5, 0.6) is 5.75 Å². The Morgan fingerprint density at radius 2 is 1.29 bits per heavy atom. The molecule has 3 nitrogen and oxygen atoms in total. The molecular weight excluding hydrogens is 260 g/mol. The number of aryl methyl sites for hydroxylation is 2. The topological polar surface area (TPSA) is 26.7 Å². The molecule has 0 radical (unpaired) electrons. The number of hydrogen-bond donors (Lipinski definition) is 1. The zero-order valence-electron chi connectivity index (χ0n) is 12.7. The second-order valence-electron chi connectivity index (χ2n) is 5.78. The lowest BCUT2D eigenvalue weighted by molar-refractivity contribution is 0.471. The Morgan fingerprint density at radius 3 is 1.86 bits per heavy atom. The molecule has 3 heteroatoms. The third-order valence-electron chi connectivity index (χ3n) is 4.22. The van der Waals surface area contributed by atoms with Gasteiger partial charge in [0.15, 0.2) is 0 Å².